The Labute approximate surface area is 503 Å². The summed E-state index contributed by atoms with van der Waals surface area (Å²) in [6, 6.07) is 12.6. The Balaban J connectivity index is 0.000000188. The number of fused-ring (bicyclic) bond motifs is 6. The zero-order valence-electron chi connectivity index (χ0n) is 43.8. The average molecular weight is 1330 g/mol. The summed E-state index contributed by atoms with van der Waals surface area (Å²) in [7, 11) is 21.4. The van der Waals surface area contributed by atoms with Crippen molar-refractivity contribution in [3.8, 4) is 33.8 Å². The van der Waals surface area contributed by atoms with Gasteiger partial charge in [-0.05, 0) is 106 Å². The van der Waals surface area contributed by atoms with E-state index >= 15 is 0 Å². The lowest BCUT2D eigenvalue weighted by molar-refractivity contribution is 0.393. The Morgan fingerprint density at radius 1 is 0.620 bits per heavy atom. The number of nitrogens with two attached hydrogens (primary N) is 1. The second-order valence-electron chi connectivity index (χ2n) is 17.2. The molecule has 0 radical (unpaired) electrons. The summed E-state index contributed by atoms with van der Waals surface area (Å²) in [5, 5.41) is 20.8. The van der Waals surface area contributed by atoms with Crippen LogP contribution in [-0.4, -0.2) is 74.0 Å². The number of anilines is 1. The number of nitrogens with one attached hydrogen (secondary N) is 2. The van der Waals surface area contributed by atoms with E-state index in [2.05, 4.69) is 71.4 Å². The third-order valence-electron chi connectivity index (χ3n) is 11.5. The van der Waals surface area contributed by atoms with Gasteiger partial charge in [0.15, 0.2) is 0 Å². The summed E-state index contributed by atoms with van der Waals surface area (Å²) >= 11 is 15.7. The van der Waals surface area contributed by atoms with Crippen molar-refractivity contribution in [2.45, 2.75) is 95.2 Å². The van der Waals surface area contributed by atoms with Crippen molar-refractivity contribution in [3.05, 3.63) is 99.9 Å². The molecule has 0 aliphatic rings. The van der Waals surface area contributed by atoms with E-state index in [-0.39, 0.29) is 13.5 Å². The van der Waals surface area contributed by atoms with E-state index in [1.165, 1.54) is 17.8 Å². The fourth-order valence-corrected chi connectivity index (χ4v) is 33.5. The molecular weight excluding hydrogens is 1270 g/mol. The van der Waals surface area contributed by atoms with Gasteiger partial charge in [0, 0.05) is 189 Å². The molecule has 0 bridgehead atoms. The second-order valence-corrected chi connectivity index (χ2v) is 37.0. The largest absolute Gasteiger partial charge is 0.496 e. The van der Waals surface area contributed by atoms with Gasteiger partial charge in [-0.1, -0.05) is 29.3 Å². The quantitative estimate of drug-likeness (QED) is 0.121. The van der Waals surface area contributed by atoms with Crippen LogP contribution in [-0.2, 0) is 126 Å². The highest BCUT2D eigenvalue weighted by molar-refractivity contribution is 8.75. The van der Waals surface area contributed by atoms with Crippen molar-refractivity contribution in [2.75, 3.05) is 20.0 Å². The molecule has 0 spiro atoms. The van der Waals surface area contributed by atoms with E-state index in [4.69, 9.17) is 63.2 Å². The van der Waals surface area contributed by atoms with E-state index in [1.54, 1.807) is 111 Å². The van der Waals surface area contributed by atoms with E-state index in [9.17, 15) is 0 Å². The molecule has 0 saturated heterocycles. The van der Waals surface area contributed by atoms with E-state index in [0.717, 1.165) is 118 Å². The number of aromatic nitrogens is 12. The summed E-state index contributed by atoms with van der Waals surface area (Å²) in [6.45, 7) is 19.7. The second kappa shape index (κ2) is 30.1. The number of hydrogen-bond acceptors (Lipinski definition) is 15. The fraction of sp³-hybridized carbons (Fsp3) is 0.333. The Morgan fingerprint density at radius 2 is 1.06 bits per heavy atom. The van der Waals surface area contributed by atoms with Crippen LogP contribution in [0.2, 0.25) is 5.15 Å². The number of aromatic amines is 2. The van der Waals surface area contributed by atoms with Crippen molar-refractivity contribution in [1.82, 2.24) is 59.8 Å². The number of nitrogen functional groups attached to an aromatic ring is 1. The Hall–Kier alpha value is -4.41. The minimum absolute atomic E-state index is 0. The molecule has 2 aromatic carbocycles. The lowest BCUT2D eigenvalue weighted by Crippen LogP contribution is -2.09. The molecule has 0 amide bonds. The number of benzene rings is 2. The number of methoxy groups -OCH3 is 2. The molecule has 0 atom stereocenters. The van der Waals surface area contributed by atoms with Gasteiger partial charge in [0.2, 0.25) is 0 Å². The number of aryl methyl sites for hydroxylation is 6. The van der Waals surface area contributed by atoms with Crippen LogP contribution < -0.4 is 15.2 Å². The lowest BCUT2D eigenvalue weighted by atomic mass is 10.00. The molecule has 10 rings (SSSR count). The zero-order chi connectivity index (χ0) is 56.2. The van der Waals surface area contributed by atoms with Crippen LogP contribution in [0, 0.1) is 41.5 Å². The van der Waals surface area contributed by atoms with Crippen molar-refractivity contribution in [1.29, 1.82) is 0 Å². The van der Waals surface area contributed by atoms with Crippen molar-refractivity contribution in [3.63, 3.8) is 0 Å². The van der Waals surface area contributed by atoms with E-state index < -0.39 is 0 Å². The highest BCUT2D eigenvalue weighted by Gasteiger charge is 2.23. The minimum Gasteiger partial charge on any atom is -0.496 e. The van der Waals surface area contributed by atoms with E-state index in [0.29, 0.717) is 29.1 Å². The van der Waals surface area contributed by atoms with Crippen LogP contribution in [0.15, 0.2) is 57.8 Å². The first kappa shape index (κ1) is 63.8. The molecule has 8 aromatic heterocycles. The van der Waals surface area contributed by atoms with Gasteiger partial charge < -0.3 is 34.2 Å². The zero-order valence-corrected chi connectivity index (χ0v) is 55.2. The van der Waals surface area contributed by atoms with Gasteiger partial charge in [0.1, 0.15) is 56.9 Å². The molecule has 4 N–H and O–H groups in total. The highest BCUT2D eigenvalue weighted by Crippen LogP contribution is 2.42. The molecule has 0 aliphatic carbocycles. The lowest BCUT2D eigenvalue weighted by Gasteiger charge is -2.12. The molecule has 422 valence electrons. The molecule has 17 nitrogen and oxygen atoms in total. The first-order chi connectivity index (χ1) is 37.5. The predicted octanol–water partition coefficient (Wildman–Crippen LogP) is 11.1. The monoisotopic (exact) mass is 1330 g/mol. The number of rotatable bonds is 8. The minimum atomic E-state index is 0. The average Bonchev–Trinajstić information content (AvgIpc) is 4.46. The summed E-state index contributed by atoms with van der Waals surface area (Å²) in [5.74, 6) is 5.06. The number of H-pyrrole nitrogens is 2. The van der Waals surface area contributed by atoms with Crippen LogP contribution >= 0.6 is 11.6 Å². The summed E-state index contributed by atoms with van der Waals surface area (Å²) in [4.78, 5) is 25.0. The molecule has 0 unspecified atom stereocenters. The third kappa shape index (κ3) is 15.6. The number of hydrogen-bond donors (Lipinski definition) is 3. The molecule has 0 aliphatic heterocycles. The van der Waals surface area contributed by atoms with Gasteiger partial charge in [-0.2, -0.15) is 10.2 Å². The van der Waals surface area contributed by atoms with Crippen LogP contribution in [0.25, 0.3) is 66.1 Å². The van der Waals surface area contributed by atoms with Crippen LogP contribution in [0.1, 0.15) is 93.2 Å². The normalized spacial score (nSPS) is 10.7. The van der Waals surface area contributed by atoms with Crippen molar-refractivity contribution in [2.24, 2.45) is 0 Å². The number of halogens is 1. The van der Waals surface area contributed by atoms with Crippen molar-refractivity contribution < 1.29 is 18.5 Å². The number of nitrogens with zero attached hydrogens (tertiary/aromatic N) is 10. The standard InChI is InChI=1S/C24H26N6O2.C17H15ClN4O2.C6H11N3.CH4.S13/c1-12(2)30-16(7-8-25-30)9-20-23-17-11-21(31-6)18(22-13(3)29-32-14(22)4)10-19(17)28-24(23)27-15(5)26-20;1-7-14(8(2)24-22-7)11-5-12-10(6-13(11)23-4)15-16(18)19-9(3)20-17(15)21-12;1-5(2)9-6(7)3-4-8-9;;1-3-5-7-9-11-13-12-10-8-6-4-2/h7-8,10-12H,9H2,1-6H3,(H,26,27,28);5-6H,1-4H3,(H,19,20,21);3-5H,7H2,1-2H3;1H4;. The topological polar surface area (TPSA) is 215 Å². The van der Waals surface area contributed by atoms with Gasteiger partial charge in [0.25, 0.3) is 0 Å². The van der Waals surface area contributed by atoms with Crippen LogP contribution in [0.3, 0.4) is 0 Å². The Kier molecular flexibility index (Phi) is 24.3. The Morgan fingerprint density at radius 3 is 1.48 bits per heavy atom. The number of ether oxygens (including phenoxy) is 2. The molecule has 10 aromatic rings. The maximum atomic E-state index is 6.33. The summed E-state index contributed by atoms with van der Waals surface area (Å²) < 4.78 is 25.9. The molecule has 8 heterocycles. The summed E-state index contributed by atoms with van der Waals surface area (Å²) in [6.07, 6.45) is 4.21. The molecule has 79 heavy (non-hydrogen) atoms. The van der Waals surface area contributed by atoms with Crippen molar-refractivity contribution >= 4 is 181 Å². The molecular formula is C48H56ClN13O4S13. The predicted molar refractivity (Wildman–Crippen MR) is 355 cm³/mol. The van der Waals surface area contributed by atoms with Gasteiger partial charge in [-0.25, -0.2) is 24.6 Å². The Bertz CT molecular complexity index is 4270. The molecule has 31 heteroatoms. The van der Waals surface area contributed by atoms with Gasteiger partial charge >= 0.3 is 0 Å². The SMILES string of the molecule is C.CC(C)n1nccc1N.COc1cc2c(cc1-c1c(C)noc1C)[nH]c1nc(C)nc(Cc3ccnn3C(C)C)c12.COc1cc2c(cc1-c1c(C)noc1C)[nH]c1nc(C)nc(Cl)c12.S=S=S=S=S=S=S=S=S=S=S=S=S. The highest BCUT2D eigenvalue weighted by atomic mass is 35.5. The fourth-order valence-electron chi connectivity index (χ4n) is 8.47. The maximum Gasteiger partial charge on any atom is 0.143 e. The summed E-state index contributed by atoms with van der Waals surface area (Å²) in [5.41, 5.74) is 16.4. The van der Waals surface area contributed by atoms with Gasteiger partial charge in [0.05, 0.1) is 54.0 Å². The van der Waals surface area contributed by atoms with Gasteiger partial charge in [-0.3, -0.25) is 4.68 Å². The van der Waals surface area contributed by atoms with Crippen LogP contribution in [0.5, 0.6) is 11.5 Å². The maximum absolute atomic E-state index is 6.33. The van der Waals surface area contributed by atoms with Crippen LogP contribution in [0.4, 0.5) is 5.82 Å². The van der Waals surface area contributed by atoms with Gasteiger partial charge in [-0.15, -0.1) is 0 Å². The third-order valence-corrected chi connectivity index (χ3v) is 34.0. The van der Waals surface area contributed by atoms with E-state index in [1.807, 2.05) is 84.5 Å². The first-order valence-corrected chi connectivity index (χ1v) is 39.5. The first-order valence-electron chi connectivity index (χ1n) is 23.2. The molecule has 0 saturated carbocycles. The molecule has 0 fully saturated rings. The smallest absolute Gasteiger partial charge is 0.143 e.